The summed E-state index contributed by atoms with van der Waals surface area (Å²) >= 11 is 1.55. The van der Waals surface area contributed by atoms with Crippen LogP contribution in [0.2, 0.25) is 0 Å². The van der Waals surface area contributed by atoms with Crippen molar-refractivity contribution in [1.82, 2.24) is 15.5 Å². The lowest BCUT2D eigenvalue weighted by Crippen LogP contribution is -2.44. The van der Waals surface area contributed by atoms with Gasteiger partial charge in [-0.05, 0) is 47.4 Å². The van der Waals surface area contributed by atoms with Crippen molar-refractivity contribution in [2.75, 3.05) is 6.54 Å². The van der Waals surface area contributed by atoms with Gasteiger partial charge >= 0.3 is 6.03 Å². The van der Waals surface area contributed by atoms with E-state index in [0.717, 1.165) is 21.8 Å². The molecule has 2 aromatic carbocycles. The lowest BCUT2D eigenvalue weighted by atomic mass is 9.92. The topological polar surface area (TPSA) is 78.5 Å². The fourth-order valence-electron chi connectivity index (χ4n) is 4.18. The minimum atomic E-state index is -1.20. The molecule has 2 heterocycles. The third kappa shape index (κ3) is 4.61. The fourth-order valence-corrected chi connectivity index (χ4v) is 4.99. The van der Waals surface area contributed by atoms with Gasteiger partial charge in [0, 0.05) is 4.88 Å². The SMILES string of the molecule is CCC(C)c1ccc(C(NC(=O)CN2C(=O)NC(C)(c3ccccc3)C2=O)c2cccs2)cc1. The highest BCUT2D eigenvalue weighted by atomic mass is 32.1. The number of nitrogens with one attached hydrogen (secondary N) is 2. The molecule has 0 spiro atoms. The molecule has 176 valence electrons. The first kappa shape index (κ1) is 23.7. The van der Waals surface area contributed by atoms with E-state index in [9.17, 15) is 14.4 Å². The number of hydrogen-bond donors (Lipinski definition) is 2. The quantitative estimate of drug-likeness (QED) is 0.453. The molecule has 0 aliphatic carbocycles. The molecule has 34 heavy (non-hydrogen) atoms. The molecular weight excluding hydrogens is 446 g/mol. The molecule has 7 heteroatoms. The molecule has 1 aliphatic heterocycles. The molecule has 1 aromatic heterocycles. The Hall–Kier alpha value is -3.45. The summed E-state index contributed by atoms with van der Waals surface area (Å²) in [6, 6.07) is 20.3. The first-order valence-electron chi connectivity index (χ1n) is 11.5. The lowest BCUT2D eigenvalue weighted by molar-refractivity contribution is -0.135. The molecule has 0 radical (unpaired) electrons. The number of hydrogen-bond acceptors (Lipinski definition) is 4. The van der Waals surface area contributed by atoms with Crippen LogP contribution in [0.1, 0.15) is 60.7 Å². The highest BCUT2D eigenvalue weighted by Crippen LogP contribution is 2.30. The molecule has 1 saturated heterocycles. The van der Waals surface area contributed by atoms with Gasteiger partial charge in [0.1, 0.15) is 12.1 Å². The second kappa shape index (κ2) is 9.81. The fraction of sp³-hybridized carbons (Fsp3) is 0.296. The van der Waals surface area contributed by atoms with E-state index in [1.165, 1.54) is 5.56 Å². The zero-order valence-electron chi connectivity index (χ0n) is 19.6. The predicted molar refractivity (Wildman–Crippen MR) is 133 cm³/mol. The summed E-state index contributed by atoms with van der Waals surface area (Å²) in [4.78, 5) is 40.8. The first-order valence-corrected chi connectivity index (χ1v) is 12.3. The number of amides is 4. The van der Waals surface area contributed by atoms with Crippen LogP contribution in [-0.2, 0) is 15.1 Å². The van der Waals surface area contributed by atoms with Gasteiger partial charge in [0.2, 0.25) is 5.91 Å². The number of thiophene rings is 1. The highest BCUT2D eigenvalue weighted by molar-refractivity contribution is 7.10. The van der Waals surface area contributed by atoms with Gasteiger partial charge in [-0.15, -0.1) is 11.3 Å². The number of rotatable bonds is 8. The number of urea groups is 1. The van der Waals surface area contributed by atoms with E-state index in [1.807, 2.05) is 47.8 Å². The van der Waals surface area contributed by atoms with E-state index in [4.69, 9.17) is 0 Å². The van der Waals surface area contributed by atoms with Crippen molar-refractivity contribution in [3.8, 4) is 0 Å². The van der Waals surface area contributed by atoms with Crippen molar-refractivity contribution >= 4 is 29.2 Å². The van der Waals surface area contributed by atoms with Crippen molar-refractivity contribution in [3.63, 3.8) is 0 Å². The first-order chi connectivity index (χ1) is 16.3. The van der Waals surface area contributed by atoms with Gasteiger partial charge < -0.3 is 10.6 Å². The van der Waals surface area contributed by atoms with E-state index in [1.54, 1.807) is 30.4 Å². The molecule has 0 saturated carbocycles. The Morgan fingerprint density at radius 2 is 1.71 bits per heavy atom. The standard InChI is InChI=1S/C27H29N3O3S/c1-4-18(2)19-12-14-20(15-13-19)24(22-11-8-16-34-22)28-23(31)17-30-25(32)27(3,29-26(30)33)21-9-6-5-7-10-21/h5-16,18,24H,4,17H2,1-3H3,(H,28,31)(H,29,33). The Labute approximate surface area is 204 Å². The maximum atomic E-state index is 13.2. The van der Waals surface area contributed by atoms with Crippen LogP contribution < -0.4 is 10.6 Å². The summed E-state index contributed by atoms with van der Waals surface area (Å²) in [5.41, 5.74) is 1.68. The zero-order chi connectivity index (χ0) is 24.3. The van der Waals surface area contributed by atoms with E-state index in [0.29, 0.717) is 11.5 Å². The van der Waals surface area contributed by atoms with Crippen LogP contribution >= 0.6 is 11.3 Å². The van der Waals surface area contributed by atoms with Crippen molar-refractivity contribution in [2.24, 2.45) is 0 Å². The smallest absolute Gasteiger partial charge is 0.325 e. The summed E-state index contributed by atoms with van der Waals surface area (Å²) in [5.74, 6) is -0.378. The minimum absolute atomic E-state index is 0.347. The zero-order valence-corrected chi connectivity index (χ0v) is 20.4. The summed E-state index contributed by atoms with van der Waals surface area (Å²) in [6.07, 6.45) is 1.05. The number of benzene rings is 2. The third-order valence-corrected chi connectivity index (χ3v) is 7.45. The third-order valence-electron chi connectivity index (χ3n) is 6.51. The van der Waals surface area contributed by atoms with Gasteiger partial charge in [-0.1, -0.05) is 74.5 Å². The second-order valence-electron chi connectivity index (χ2n) is 8.80. The summed E-state index contributed by atoms with van der Waals surface area (Å²) in [7, 11) is 0. The lowest BCUT2D eigenvalue weighted by Gasteiger charge is -2.23. The van der Waals surface area contributed by atoms with Gasteiger partial charge in [-0.2, -0.15) is 0 Å². The maximum Gasteiger partial charge on any atom is 0.325 e. The van der Waals surface area contributed by atoms with Gasteiger partial charge in [0.15, 0.2) is 0 Å². The van der Waals surface area contributed by atoms with Crippen LogP contribution in [0.25, 0.3) is 0 Å². The van der Waals surface area contributed by atoms with Crippen molar-refractivity contribution in [2.45, 2.75) is 44.7 Å². The Morgan fingerprint density at radius 1 is 1.03 bits per heavy atom. The normalized spacial score (nSPS) is 19.6. The van der Waals surface area contributed by atoms with Crippen molar-refractivity contribution in [1.29, 1.82) is 0 Å². The average Bonchev–Trinajstić information content (AvgIpc) is 3.46. The molecule has 1 aliphatic rings. The van der Waals surface area contributed by atoms with Crippen LogP contribution in [0, 0.1) is 0 Å². The number of carbonyl (C=O) groups is 3. The van der Waals surface area contributed by atoms with Gasteiger partial charge in [0.05, 0.1) is 6.04 Å². The second-order valence-corrected chi connectivity index (χ2v) is 9.78. The van der Waals surface area contributed by atoms with Crippen LogP contribution in [-0.4, -0.2) is 29.3 Å². The molecule has 3 atom stereocenters. The molecule has 4 rings (SSSR count). The Bertz CT molecular complexity index is 1160. The molecule has 0 bridgehead atoms. The van der Waals surface area contributed by atoms with E-state index < -0.39 is 23.4 Å². The largest absolute Gasteiger partial charge is 0.343 e. The average molecular weight is 476 g/mol. The van der Waals surface area contributed by atoms with Crippen LogP contribution in [0.4, 0.5) is 4.79 Å². The van der Waals surface area contributed by atoms with Crippen LogP contribution in [0.5, 0.6) is 0 Å². The van der Waals surface area contributed by atoms with Gasteiger partial charge in [0.25, 0.3) is 5.91 Å². The Balaban J connectivity index is 1.52. The number of nitrogens with zero attached hydrogens (tertiary/aromatic N) is 1. The molecular formula is C27H29N3O3S. The predicted octanol–water partition coefficient (Wildman–Crippen LogP) is 4.93. The maximum absolute atomic E-state index is 13.2. The Morgan fingerprint density at radius 3 is 2.32 bits per heavy atom. The number of carbonyl (C=O) groups excluding carboxylic acids is 3. The minimum Gasteiger partial charge on any atom is -0.343 e. The number of imide groups is 1. The van der Waals surface area contributed by atoms with E-state index in [2.05, 4.69) is 36.6 Å². The van der Waals surface area contributed by atoms with Crippen LogP contribution in [0.3, 0.4) is 0 Å². The van der Waals surface area contributed by atoms with Gasteiger partial charge in [-0.25, -0.2) is 4.79 Å². The summed E-state index contributed by atoms with van der Waals surface area (Å²) in [6.45, 7) is 5.66. The molecule has 3 unspecified atom stereocenters. The van der Waals surface area contributed by atoms with E-state index >= 15 is 0 Å². The molecule has 3 aromatic rings. The highest BCUT2D eigenvalue weighted by Gasteiger charge is 2.49. The van der Waals surface area contributed by atoms with Crippen molar-refractivity contribution in [3.05, 3.63) is 93.7 Å². The molecule has 1 fully saturated rings. The molecule has 6 nitrogen and oxygen atoms in total. The van der Waals surface area contributed by atoms with Crippen LogP contribution in [0.15, 0.2) is 72.1 Å². The van der Waals surface area contributed by atoms with E-state index in [-0.39, 0.29) is 12.6 Å². The summed E-state index contributed by atoms with van der Waals surface area (Å²) in [5, 5.41) is 7.74. The Kier molecular flexibility index (Phi) is 6.84. The molecule has 4 amide bonds. The molecule has 2 N–H and O–H groups in total. The monoisotopic (exact) mass is 475 g/mol. The van der Waals surface area contributed by atoms with Gasteiger partial charge in [-0.3, -0.25) is 14.5 Å². The van der Waals surface area contributed by atoms with Crippen molar-refractivity contribution < 1.29 is 14.4 Å². The summed E-state index contributed by atoms with van der Waals surface area (Å²) < 4.78 is 0.